The molecule has 0 aromatic carbocycles. The predicted molar refractivity (Wildman–Crippen MR) is 179 cm³/mol. The monoisotopic (exact) mass is 738 g/mol. The van der Waals surface area contributed by atoms with E-state index in [0.717, 1.165) is 0 Å². The standard InChI is InChI=1S/C34H42N8O11/c1-13-21(27(45)19-15(11-52-31(35)47)33(49-3)29-17(39-29)9-41(33)23(19)25(13)43)37-5-7-51-8-6-38-22-14(2)26(44)24-20(28(22)46)16(12-53-32(36)48)34(50-4)30-18(40-30)10-42(24)34/h15-18,29-30,37-40H,5-12H2,1-4H3,(H2,35,47)(H2,36,48)/t15-,16-,17+,18+,29+,30+,33-,34-/m1/s1. The van der Waals surface area contributed by atoms with Crippen molar-refractivity contribution < 1.29 is 52.5 Å². The number of hydrogen-bond donors (Lipinski definition) is 6. The summed E-state index contributed by atoms with van der Waals surface area (Å²) in [5, 5.41) is 12.8. The predicted octanol–water partition coefficient (Wildman–Crippen LogP) is -3.01. The highest BCUT2D eigenvalue weighted by atomic mass is 16.6. The topological polar surface area (TPSA) is 275 Å². The molecule has 6 aliphatic heterocycles. The Kier molecular flexibility index (Phi) is 8.22. The van der Waals surface area contributed by atoms with E-state index in [1.54, 1.807) is 13.8 Å². The number of fused-ring (bicyclic) bond motifs is 8. The number of primary amides is 2. The molecule has 19 heteroatoms. The van der Waals surface area contributed by atoms with Crippen LogP contribution in [0.3, 0.4) is 0 Å². The van der Waals surface area contributed by atoms with Gasteiger partial charge in [0.15, 0.2) is 11.4 Å². The number of Topliss-reactive ketones (excluding diaryl/α,β-unsaturated/α-hetero) is 4. The van der Waals surface area contributed by atoms with E-state index in [4.69, 9.17) is 35.2 Å². The van der Waals surface area contributed by atoms with E-state index >= 15 is 0 Å². The van der Waals surface area contributed by atoms with Crippen LogP contribution in [0.25, 0.3) is 0 Å². The van der Waals surface area contributed by atoms with E-state index in [1.807, 2.05) is 9.80 Å². The minimum absolute atomic E-state index is 0.0795. The fraction of sp³-hybridized carbons (Fsp3) is 0.588. The first kappa shape index (κ1) is 35.2. The van der Waals surface area contributed by atoms with Gasteiger partial charge in [0.1, 0.15) is 13.2 Å². The zero-order valence-electron chi connectivity index (χ0n) is 29.7. The van der Waals surface area contributed by atoms with Gasteiger partial charge in [0.05, 0.1) is 59.9 Å². The van der Waals surface area contributed by atoms with E-state index < -0.39 is 47.0 Å². The molecular weight excluding hydrogens is 696 g/mol. The largest absolute Gasteiger partial charge is 0.449 e. The summed E-state index contributed by atoms with van der Waals surface area (Å²) in [6.45, 7) is 4.23. The molecule has 0 spiro atoms. The first-order valence-corrected chi connectivity index (χ1v) is 17.5. The molecule has 0 radical (unpaired) electrons. The van der Waals surface area contributed by atoms with Crippen molar-refractivity contribution in [2.24, 2.45) is 23.3 Å². The third-order valence-corrected chi connectivity index (χ3v) is 12.0. The van der Waals surface area contributed by atoms with Crippen LogP contribution >= 0.6 is 0 Å². The molecule has 8 N–H and O–H groups in total. The molecule has 8 rings (SSSR count). The summed E-state index contributed by atoms with van der Waals surface area (Å²) >= 11 is 0. The van der Waals surface area contributed by atoms with E-state index in [1.165, 1.54) is 14.2 Å². The first-order chi connectivity index (χ1) is 25.3. The van der Waals surface area contributed by atoms with Crippen LogP contribution < -0.4 is 32.7 Å². The number of hydrogen-bond acceptors (Lipinski definition) is 17. The number of methoxy groups -OCH3 is 2. The van der Waals surface area contributed by atoms with Crippen molar-refractivity contribution >= 4 is 35.3 Å². The van der Waals surface area contributed by atoms with Crippen molar-refractivity contribution in [2.45, 2.75) is 49.5 Å². The Bertz CT molecular complexity index is 1760. The van der Waals surface area contributed by atoms with Gasteiger partial charge in [0.25, 0.3) is 0 Å². The molecular formula is C34H42N8O11. The fourth-order valence-corrected chi connectivity index (χ4v) is 9.61. The van der Waals surface area contributed by atoms with Crippen LogP contribution in [0.15, 0.2) is 45.1 Å². The summed E-state index contributed by atoms with van der Waals surface area (Å²) in [5.74, 6) is -2.94. The molecule has 53 heavy (non-hydrogen) atoms. The molecule has 19 nitrogen and oxygen atoms in total. The maximum Gasteiger partial charge on any atom is 0.404 e. The highest BCUT2D eigenvalue weighted by Crippen LogP contribution is 2.57. The summed E-state index contributed by atoms with van der Waals surface area (Å²) in [7, 11) is 3.01. The first-order valence-electron chi connectivity index (χ1n) is 17.5. The fourth-order valence-electron chi connectivity index (χ4n) is 9.61. The number of rotatable bonds is 14. The average molecular weight is 739 g/mol. The lowest BCUT2D eigenvalue weighted by Crippen LogP contribution is -2.55. The minimum Gasteiger partial charge on any atom is -0.449 e. The number of piperazine rings is 2. The zero-order chi connectivity index (χ0) is 37.7. The molecule has 0 saturated carbocycles. The Balaban J connectivity index is 0.885. The lowest BCUT2D eigenvalue weighted by Gasteiger charge is -2.39. The van der Waals surface area contributed by atoms with Crippen LogP contribution in [0, 0.1) is 11.8 Å². The Morgan fingerprint density at radius 1 is 0.717 bits per heavy atom. The summed E-state index contributed by atoms with van der Waals surface area (Å²) in [5.41, 5.74) is 10.1. The van der Waals surface area contributed by atoms with Crippen molar-refractivity contribution in [1.29, 1.82) is 0 Å². The Morgan fingerprint density at radius 2 is 1.11 bits per heavy atom. The van der Waals surface area contributed by atoms with Gasteiger partial charge in [-0.3, -0.25) is 19.2 Å². The Labute approximate surface area is 303 Å². The number of ketones is 4. The molecule has 0 unspecified atom stereocenters. The second-order valence-electron chi connectivity index (χ2n) is 14.3. The van der Waals surface area contributed by atoms with Gasteiger partial charge in [-0.2, -0.15) is 0 Å². The van der Waals surface area contributed by atoms with Crippen LogP contribution in [0.2, 0.25) is 0 Å². The number of amides is 2. The highest BCUT2D eigenvalue weighted by Gasteiger charge is 2.74. The molecule has 6 heterocycles. The van der Waals surface area contributed by atoms with Crippen LogP contribution in [-0.2, 0) is 42.9 Å². The average Bonchev–Trinajstić information content (AvgIpc) is 3.96. The SMILES string of the molecule is CO[C@@]12[C@H](COC(N)=O)C3=C(C(=O)C(C)=C(NCCOCCNC4=C(C)C(=O)C5=C(C4=O)[C@@H](COC(N)=O)[C@@]4(OC)[C@H]6N[C@H]6CN54)C3=O)N1C[C@@H]1N[C@@H]12. The van der Waals surface area contributed by atoms with Crippen LogP contribution in [-0.4, -0.2) is 148 Å². The molecule has 2 aliphatic carbocycles. The number of carbonyl (C=O) groups is 6. The second-order valence-corrected chi connectivity index (χ2v) is 14.3. The van der Waals surface area contributed by atoms with Gasteiger partial charge in [-0.25, -0.2) is 9.59 Å². The maximum atomic E-state index is 14.0. The third kappa shape index (κ3) is 4.83. The lowest BCUT2D eigenvalue weighted by atomic mass is 9.82. The van der Waals surface area contributed by atoms with Gasteiger partial charge >= 0.3 is 12.2 Å². The van der Waals surface area contributed by atoms with Crippen molar-refractivity contribution in [3.8, 4) is 0 Å². The molecule has 2 amide bonds. The lowest BCUT2D eigenvalue weighted by molar-refractivity contribution is -0.137. The third-order valence-electron chi connectivity index (χ3n) is 12.0. The summed E-state index contributed by atoms with van der Waals surface area (Å²) in [4.78, 5) is 82.2. The highest BCUT2D eigenvalue weighted by molar-refractivity contribution is 6.26. The van der Waals surface area contributed by atoms with Crippen LogP contribution in [0.1, 0.15) is 13.8 Å². The van der Waals surface area contributed by atoms with Gasteiger partial charge in [0, 0.05) is 74.8 Å². The van der Waals surface area contributed by atoms with E-state index in [0.29, 0.717) is 13.1 Å². The van der Waals surface area contributed by atoms with E-state index in [2.05, 4.69) is 21.3 Å². The van der Waals surface area contributed by atoms with Gasteiger partial charge in [-0.05, 0) is 13.8 Å². The van der Waals surface area contributed by atoms with Crippen molar-refractivity contribution in [3.05, 3.63) is 45.1 Å². The smallest absolute Gasteiger partial charge is 0.404 e. The zero-order valence-corrected chi connectivity index (χ0v) is 29.7. The summed E-state index contributed by atoms with van der Waals surface area (Å²) in [6, 6.07) is -0.152. The molecule has 284 valence electrons. The number of nitrogens with one attached hydrogen (secondary N) is 4. The van der Waals surface area contributed by atoms with Crippen molar-refractivity contribution in [1.82, 2.24) is 31.1 Å². The Morgan fingerprint density at radius 3 is 1.47 bits per heavy atom. The number of ether oxygens (including phenoxy) is 5. The van der Waals surface area contributed by atoms with Crippen molar-refractivity contribution in [3.63, 3.8) is 0 Å². The summed E-state index contributed by atoms with van der Waals surface area (Å²) < 4.78 is 28.1. The van der Waals surface area contributed by atoms with E-state index in [-0.39, 0.29) is 120 Å². The molecule has 8 atom stereocenters. The molecule has 0 aromatic heterocycles. The normalized spacial score (nSPS) is 34.6. The van der Waals surface area contributed by atoms with Gasteiger partial charge in [0.2, 0.25) is 23.1 Å². The molecule has 4 fully saturated rings. The van der Waals surface area contributed by atoms with Gasteiger partial charge in [-0.15, -0.1) is 0 Å². The number of nitrogens with zero attached hydrogens (tertiary/aromatic N) is 2. The number of carbonyl (C=O) groups excluding carboxylic acids is 6. The minimum atomic E-state index is -1.08. The quantitative estimate of drug-likeness (QED) is 0.0588. The Hall–Kier alpha value is -4.82. The molecule has 4 saturated heterocycles. The molecule has 8 aliphatic rings. The number of nitrogens with two attached hydrogens (primary N) is 2. The summed E-state index contributed by atoms with van der Waals surface area (Å²) in [6.07, 6.45) is -2.00. The van der Waals surface area contributed by atoms with Crippen LogP contribution in [0.5, 0.6) is 0 Å². The van der Waals surface area contributed by atoms with Gasteiger partial charge < -0.3 is 66.2 Å². The molecule has 0 bridgehead atoms. The number of allylic oxidation sites excluding steroid dienone is 4. The van der Waals surface area contributed by atoms with Crippen molar-refractivity contribution in [2.75, 3.05) is 66.8 Å². The van der Waals surface area contributed by atoms with Crippen LogP contribution in [0.4, 0.5) is 9.59 Å². The van der Waals surface area contributed by atoms with E-state index in [9.17, 15) is 28.8 Å². The second kappa shape index (κ2) is 12.4. The van der Waals surface area contributed by atoms with Gasteiger partial charge in [-0.1, -0.05) is 0 Å². The molecule has 0 aromatic rings. The maximum absolute atomic E-state index is 14.0.